The zero-order valence-corrected chi connectivity index (χ0v) is 32.6. The number of pyridine rings is 4. The SMILES string of the molecule is CC1(C)[C@H]2Cc3nc(-c4ccccn4)ccc3[C@@H]1C2.CC1(C)[C@H]2Cc3nc(-c4ccccn4)ccc3[C@@H]1C2.O=S(=O)([O-])C(F)(F)F.O=S(=O)([O-])C(F)(F)F.[Mn+2]. The van der Waals surface area contributed by atoms with Crippen LogP contribution in [0.5, 0.6) is 0 Å². The van der Waals surface area contributed by atoms with E-state index in [1.54, 1.807) is 0 Å². The van der Waals surface area contributed by atoms with E-state index in [0.717, 1.165) is 47.5 Å². The fourth-order valence-electron chi connectivity index (χ4n) is 7.55. The maximum Gasteiger partial charge on any atom is 2.00 e. The average molecular weight is 854 g/mol. The molecule has 2 fully saturated rings. The van der Waals surface area contributed by atoms with Gasteiger partial charge in [0.1, 0.15) is 0 Å². The van der Waals surface area contributed by atoms with Gasteiger partial charge in [-0.25, -0.2) is 16.8 Å². The summed E-state index contributed by atoms with van der Waals surface area (Å²) in [5.41, 5.74) is -0.793. The molecule has 55 heavy (non-hydrogen) atoms. The summed E-state index contributed by atoms with van der Waals surface area (Å²) in [5.74, 6) is 3.06. The summed E-state index contributed by atoms with van der Waals surface area (Å²) in [6.07, 6.45) is 8.64. The van der Waals surface area contributed by atoms with E-state index in [0.29, 0.717) is 22.7 Å². The maximum absolute atomic E-state index is 10.7. The van der Waals surface area contributed by atoms with Gasteiger partial charge in [0, 0.05) is 23.8 Å². The third kappa shape index (κ3) is 9.39. The average Bonchev–Trinajstić information content (AvgIpc) is 3.10. The van der Waals surface area contributed by atoms with Crippen LogP contribution in [0.4, 0.5) is 26.3 Å². The Labute approximate surface area is 325 Å². The molecule has 19 heteroatoms. The quantitative estimate of drug-likeness (QED) is 0.0842. The van der Waals surface area contributed by atoms with Gasteiger partial charge in [-0.2, -0.15) is 26.3 Å². The number of hydrogen-bond donors (Lipinski definition) is 0. The van der Waals surface area contributed by atoms with E-state index in [-0.39, 0.29) is 17.1 Å². The molecule has 0 spiro atoms. The molecule has 297 valence electrons. The zero-order valence-electron chi connectivity index (χ0n) is 29.8. The Hall–Kier alpha value is -3.48. The number of rotatable bonds is 2. The minimum absolute atomic E-state index is 0. The van der Waals surface area contributed by atoms with Crippen molar-refractivity contribution in [3.63, 3.8) is 0 Å². The van der Waals surface area contributed by atoms with Crippen molar-refractivity contribution in [1.29, 1.82) is 0 Å². The van der Waals surface area contributed by atoms with Gasteiger partial charge in [-0.05, 0) is 108 Å². The number of hydrogen-bond acceptors (Lipinski definition) is 10. The van der Waals surface area contributed by atoms with Crippen LogP contribution in [0.2, 0.25) is 0 Å². The van der Waals surface area contributed by atoms with Gasteiger partial charge >= 0.3 is 28.1 Å². The van der Waals surface area contributed by atoms with E-state index < -0.39 is 31.3 Å². The van der Waals surface area contributed by atoms with E-state index in [1.807, 2.05) is 48.8 Å². The first kappa shape index (κ1) is 44.2. The van der Waals surface area contributed by atoms with Crippen LogP contribution < -0.4 is 0 Å². The van der Waals surface area contributed by atoms with Gasteiger partial charge in [-0.1, -0.05) is 52.0 Å². The molecule has 10 nitrogen and oxygen atoms in total. The van der Waals surface area contributed by atoms with Crippen LogP contribution >= 0.6 is 0 Å². The minimum Gasteiger partial charge on any atom is -0.741 e. The first-order chi connectivity index (χ1) is 24.8. The molecule has 4 bridgehead atoms. The molecular weight excluding hydrogens is 817 g/mol. The van der Waals surface area contributed by atoms with Crippen LogP contribution in [-0.2, 0) is 50.1 Å². The van der Waals surface area contributed by atoms with Crippen LogP contribution in [0.25, 0.3) is 22.8 Å². The van der Waals surface area contributed by atoms with Gasteiger partial charge in [0.15, 0.2) is 20.2 Å². The molecule has 10 rings (SSSR count). The molecule has 6 aliphatic rings. The van der Waals surface area contributed by atoms with Crippen LogP contribution in [0, 0.1) is 22.7 Å². The summed E-state index contributed by atoms with van der Waals surface area (Å²) in [6.45, 7) is 9.62. The molecule has 4 aromatic heterocycles. The Morgan fingerprint density at radius 3 is 1.16 bits per heavy atom. The van der Waals surface area contributed by atoms with Crippen molar-refractivity contribution in [2.45, 2.75) is 76.2 Å². The molecule has 1 radical (unpaired) electrons. The van der Waals surface area contributed by atoms with Crippen LogP contribution in [0.1, 0.15) is 74.9 Å². The van der Waals surface area contributed by atoms with Crippen molar-refractivity contribution < 1.29 is 69.4 Å². The van der Waals surface area contributed by atoms with Crippen LogP contribution in [0.15, 0.2) is 73.1 Å². The van der Waals surface area contributed by atoms with Gasteiger partial charge < -0.3 is 9.11 Å². The van der Waals surface area contributed by atoms with Gasteiger partial charge in [0.25, 0.3) is 0 Å². The molecule has 0 unspecified atom stereocenters. The van der Waals surface area contributed by atoms with Crippen molar-refractivity contribution in [2.24, 2.45) is 22.7 Å². The summed E-state index contributed by atoms with van der Waals surface area (Å²) in [5, 5.41) is 0. The van der Waals surface area contributed by atoms with Crippen LogP contribution in [-0.4, -0.2) is 56.9 Å². The predicted octanol–water partition coefficient (Wildman–Crippen LogP) is 7.76. The smallest absolute Gasteiger partial charge is 0.741 e. The number of halogens is 6. The molecule has 2 saturated carbocycles. The largest absolute Gasteiger partial charge is 2.00 e. The normalized spacial score (nSPS) is 22.3. The molecule has 4 atom stereocenters. The van der Waals surface area contributed by atoms with E-state index >= 15 is 0 Å². The molecule has 0 aromatic carbocycles. The molecule has 0 saturated heterocycles. The Morgan fingerprint density at radius 1 is 0.582 bits per heavy atom. The van der Waals surface area contributed by atoms with Crippen molar-refractivity contribution in [1.82, 2.24) is 19.9 Å². The summed E-state index contributed by atoms with van der Waals surface area (Å²) in [6, 6.07) is 20.8. The summed E-state index contributed by atoms with van der Waals surface area (Å²) in [4.78, 5) is 18.5. The number of nitrogens with zero attached hydrogens (tertiary/aromatic N) is 4. The van der Waals surface area contributed by atoms with Gasteiger partial charge in [0.2, 0.25) is 0 Å². The van der Waals surface area contributed by atoms with Gasteiger partial charge in [-0.15, -0.1) is 0 Å². The Morgan fingerprint density at radius 2 is 0.909 bits per heavy atom. The molecule has 0 amide bonds. The standard InChI is InChI=1S/2C17H18N2.2CHF3O3S.Mn/c2*1-17(2)11-9-13(17)12-6-7-15(19-16(12)10-11)14-5-3-4-8-18-14;2*2-1(3,4)8(5,6)7;/h2*3-8,11,13H,9-10H2,1-2H3;2*(H,5,6,7);/q;;;;+2/p-2/t2*11-,13+;;;/m11.../s1. The minimum atomic E-state index is -6.09. The second-order valence-electron chi connectivity index (χ2n) is 14.7. The Bertz CT molecular complexity index is 2050. The summed E-state index contributed by atoms with van der Waals surface area (Å²) < 4.78 is 118. The molecule has 0 aliphatic heterocycles. The molecule has 0 N–H and O–H groups in total. The van der Waals surface area contributed by atoms with E-state index in [1.165, 1.54) is 35.4 Å². The first-order valence-electron chi connectivity index (χ1n) is 16.7. The van der Waals surface area contributed by atoms with Gasteiger partial charge in [0.05, 0.1) is 22.8 Å². The van der Waals surface area contributed by atoms with E-state index in [2.05, 4.69) is 61.9 Å². The van der Waals surface area contributed by atoms with E-state index in [4.69, 9.17) is 35.9 Å². The van der Waals surface area contributed by atoms with Gasteiger partial charge in [-0.3, -0.25) is 19.9 Å². The van der Waals surface area contributed by atoms with E-state index in [9.17, 15) is 26.3 Å². The Balaban J connectivity index is 0.000000176. The second kappa shape index (κ2) is 15.8. The zero-order chi connectivity index (χ0) is 40.1. The third-order valence-corrected chi connectivity index (χ3v) is 12.1. The fourth-order valence-corrected chi connectivity index (χ4v) is 7.55. The van der Waals surface area contributed by atoms with Crippen LogP contribution in [0.3, 0.4) is 0 Å². The van der Waals surface area contributed by atoms with Crippen molar-refractivity contribution in [3.8, 4) is 22.8 Å². The fraction of sp³-hybridized carbons (Fsp3) is 0.444. The Kier molecular flexibility index (Phi) is 12.7. The molecule has 4 heterocycles. The number of aromatic nitrogens is 4. The summed E-state index contributed by atoms with van der Waals surface area (Å²) >= 11 is 0. The topological polar surface area (TPSA) is 166 Å². The maximum atomic E-state index is 10.7. The third-order valence-electron chi connectivity index (χ3n) is 11.0. The predicted molar refractivity (Wildman–Crippen MR) is 183 cm³/mol. The van der Waals surface area contributed by atoms with Crippen molar-refractivity contribution >= 4 is 20.2 Å². The second-order valence-corrected chi connectivity index (χ2v) is 17.5. The monoisotopic (exact) mass is 853 g/mol. The molecular formula is C36H36F6MnN4O6S2. The molecule has 4 aromatic rings. The van der Waals surface area contributed by atoms with Crippen molar-refractivity contribution in [2.75, 3.05) is 0 Å². The van der Waals surface area contributed by atoms with Crippen molar-refractivity contribution in [3.05, 3.63) is 95.6 Å². The molecule has 6 aliphatic carbocycles. The first-order valence-corrected chi connectivity index (χ1v) is 19.5. The summed E-state index contributed by atoms with van der Waals surface area (Å²) in [7, 11) is -12.2. The number of alkyl halides is 6.